The van der Waals surface area contributed by atoms with Crippen LogP contribution in [0.2, 0.25) is 0 Å². The molecule has 6 rings (SSSR count). The Kier molecular flexibility index (Phi) is 5.69. The molecule has 0 aromatic heterocycles. The van der Waals surface area contributed by atoms with Crippen molar-refractivity contribution in [3.63, 3.8) is 0 Å². The largest absolute Gasteiger partial charge is 0.493 e. The Morgan fingerprint density at radius 1 is 0.857 bits per heavy atom. The maximum absolute atomic E-state index is 12.9. The number of carbonyl (C=O) groups excluding carboxylic acids is 1. The summed E-state index contributed by atoms with van der Waals surface area (Å²) in [6.45, 7) is 5.23. The van der Waals surface area contributed by atoms with Crippen LogP contribution in [-0.4, -0.2) is 80.8 Å². The molecule has 7 heteroatoms. The van der Waals surface area contributed by atoms with Gasteiger partial charge in [0.2, 0.25) is 0 Å². The molecule has 0 saturated carbocycles. The van der Waals surface area contributed by atoms with E-state index in [0.717, 1.165) is 49.1 Å². The number of carbonyl (C=O) groups is 1. The lowest BCUT2D eigenvalue weighted by molar-refractivity contribution is 0.120. The molecule has 184 valence electrons. The quantitative estimate of drug-likeness (QED) is 0.527. The molecular formula is C28H33N3O4. The van der Waals surface area contributed by atoms with Crippen molar-refractivity contribution in [1.82, 2.24) is 14.7 Å². The summed E-state index contributed by atoms with van der Waals surface area (Å²) in [7, 11) is 5.43. The first-order valence-electron chi connectivity index (χ1n) is 12.6. The first-order valence-corrected chi connectivity index (χ1v) is 12.6. The van der Waals surface area contributed by atoms with Crippen LogP contribution >= 0.6 is 0 Å². The normalized spacial score (nSPS) is 20.7. The second-order valence-electron chi connectivity index (χ2n) is 10.0. The molecule has 0 unspecified atom stereocenters. The van der Waals surface area contributed by atoms with Crippen molar-refractivity contribution in [1.29, 1.82) is 0 Å². The van der Waals surface area contributed by atoms with Gasteiger partial charge in [0.25, 0.3) is 0 Å². The molecular weight excluding hydrogens is 442 g/mol. The van der Waals surface area contributed by atoms with E-state index in [1.807, 2.05) is 12.1 Å². The van der Waals surface area contributed by atoms with Gasteiger partial charge in [-0.25, -0.2) is 4.79 Å². The van der Waals surface area contributed by atoms with E-state index in [4.69, 9.17) is 14.2 Å². The number of hydrogen-bond acceptors (Lipinski definition) is 6. The monoisotopic (exact) mass is 475 g/mol. The number of amides is 1. The molecule has 2 saturated heterocycles. The molecule has 0 bridgehead atoms. The van der Waals surface area contributed by atoms with E-state index >= 15 is 0 Å². The second-order valence-corrected chi connectivity index (χ2v) is 10.0. The molecule has 3 aliphatic rings. The minimum Gasteiger partial charge on any atom is -0.493 e. The van der Waals surface area contributed by atoms with Crippen LogP contribution < -0.4 is 14.2 Å². The first kappa shape index (κ1) is 22.4. The van der Waals surface area contributed by atoms with Crippen molar-refractivity contribution < 1.29 is 19.0 Å². The van der Waals surface area contributed by atoms with Gasteiger partial charge in [0.1, 0.15) is 5.75 Å². The number of rotatable bonds is 3. The van der Waals surface area contributed by atoms with E-state index in [1.54, 1.807) is 19.1 Å². The minimum absolute atomic E-state index is 0.277. The fourth-order valence-electron chi connectivity index (χ4n) is 6.09. The van der Waals surface area contributed by atoms with Crippen molar-refractivity contribution in [3.8, 4) is 17.2 Å². The van der Waals surface area contributed by atoms with Crippen molar-refractivity contribution in [3.05, 3.63) is 41.5 Å². The van der Waals surface area contributed by atoms with E-state index in [2.05, 4.69) is 35.0 Å². The summed E-state index contributed by atoms with van der Waals surface area (Å²) in [4.78, 5) is 19.5. The number of piperazine rings is 1. The molecule has 7 nitrogen and oxygen atoms in total. The van der Waals surface area contributed by atoms with E-state index in [1.165, 1.54) is 34.7 Å². The molecule has 1 amide bonds. The van der Waals surface area contributed by atoms with E-state index in [-0.39, 0.29) is 6.09 Å². The van der Waals surface area contributed by atoms with Gasteiger partial charge in [0, 0.05) is 38.8 Å². The zero-order valence-electron chi connectivity index (χ0n) is 20.8. The van der Waals surface area contributed by atoms with Crippen molar-refractivity contribution in [2.45, 2.75) is 31.8 Å². The SMILES string of the molecule is COc1cc2c3c(c4ccc(OC(=O)N5CCN(C)CC5)cc4c2cc1OC)C[C@@H]1CCCN1C3. The standard InChI is InChI=1S/C28H33N3O4/c1-29-9-11-30(12-10-29)28(32)35-19-6-7-20-21-13-18-5-4-8-31(18)17-25(21)24-16-27(34-3)26(33-2)15-23(24)22(20)14-19/h6-7,14-16,18H,4-5,8-13,17H2,1-3H3/t18-/m0/s1. The molecule has 0 radical (unpaired) electrons. The third-order valence-electron chi connectivity index (χ3n) is 8.09. The predicted molar refractivity (Wildman–Crippen MR) is 137 cm³/mol. The Morgan fingerprint density at radius 3 is 2.31 bits per heavy atom. The summed E-state index contributed by atoms with van der Waals surface area (Å²) in [6, 6.07) is 10.9. The topological polar surface area (TPSA) is 54.5 Å². The van der Waals surface area contributed by atoms with E-state index < -0.39 is 0 Å². The summed E-state index contributed by atoms with van der Waals surface area (Å²) >= 11 is 0. The third kappa shape index (κ3) is 3.87. The average Bonchev–Trinajstić information content (AvgIpc) is 3.35. The molecule has 3 aliphatic heterocycles. The van der Waals surface area contributed by atoms with Gasteiger partial charge in [0.05, 0.1) is 14.2 Å². The first-order chi connectivity index (χ1) is 17.1. The molecule has 3 aromatic rings. The molecule has 0 N–H and O–H groups in total. The third-order valence-corrected chi connectivity index (χ3v) is 8.09. The van der Waals surface area contributed by atoms with Crippen LogP contribution in [0.3, 0.4) is 0 Å². The number of nitrogens with zero attached hydrogens (tertiary/aromatic N) is 3. The number of methoxy groups -OCH3 is 2. The summed E-state index contributed by atoms with van der Waals surface area (Å²) in [6.07, 6.45) is 3.29. The lowest BCUT2D eigenvalue weighted by atomic mass is 9.85. The number of benzene rings is 3. The number of ether oxygens (including phenoxy) is 3. The van der Waals surface area contributed by atoms with Gasteiger partial charge in [-0.15, -0.1) is 0 Å². The fourth-order valence-corrected chi connectivity index (χ4v) is 6.09. The summed E-state index contributed by atoms with van der Waals surface area (Å²) < 4.78 is 17.2. The smallest absolute Gasteiger partial charge is 0.415 e. The maximum atomic E-state index is 12.9. The highest BCUT2D eigenvalue weighted by atomic mass is 16.6. The Bertz CT molecular complexity index is 1300. The zero-order chi connectivity index (χ0) is 24.1. The number of fused-ring (bicyclic) bond motifs is 7. The van der Waals surface area contributed by atoms with Crippen molar-refractivity contribution >= 4 is 27.6 Å². The summed E-state index contributed by atoms with van der Waals surface area (Å²) in [5, 5.41) is 4.63. The van der Waals surface area contributed by atoms with Gasteiger partial charge in [-0.2, -0.15) is 0 Å². The fraction of sp³-hybridized carbons (Fsp3) is 0.464. The average molecular weight is 476 g/mol. The Balaban J connectivity index is 1.47. The van der Waals surface area contributed by atoms with Gasteiger partial charge >= 0.3 is 6.09 Å². The Morgan fingerprint density at radius 2 is 1.57 bits per heavy atom. The van der Waals surface area contributed by atoms with Crippen LogP contribution in [-0.2, 0) is 13.0 Å². The molecule has 3 aromatic carbocycles. The highest BCUT2D eigenvalue weighted by molar-refractivity contribution is 6.12. The van der Waals surface area contributed by atoms with Crippen LogP contribution in [0.15, 0.2) is 30.3 Å². The van der Waals surface area contributed by atoms with E-state index in [9.17, 15) is 4.79 Å². The van der Waals surface area contributed by atoms with Crippen LogP contribution in [0.4, 0.5) is 4.79 Å². The molecule has 3 heterocycles. The van der Waals surface area contributed by atoms with Crippen molar-refractivity contribution in [2.24, 2.45) is 0 Å². The molecule has 2 fully saturated rings. The Hall–Kier alpha value is -3.03. The van der Waals surface area contributed by atoms with Crippen LogP contribution in [0.5, 0.6) is 17.2 Å². The lowest BCUT2D eigenvalue weighted by Crippen LogP contribution is -2.48. The van der Waals surface area contributed by atoms with Crippen LogP contribution in [0, 0.1) is 0 Å². The van der Waals surface area contributed by atoms with Gasteiger partial charge < -0.3 is 24.0 Å². The van der Waals surface area contributed by atoms with Gasteiger partial charge in [-0.05, 0) is 89.8 Å². The van der Waals surface area contributed by atoms with Crippen molar-refractivity contribution in [2.75, 3.05) is 54.0 Å². The molecule has 0 aliphatic carbocycles. The van der Waals surface area contributed by atoms with Gasteiger partial charge in [-0.3, -0.25) is 4.90 Å². The predicted octanol–water partition coefficient (Wildman–Crippen LogP) is 4.28. The zero-order valence-corrected chi connectivity index (χ0v) is 20.8. The minimum atomic E-state index is -0.277. The summed E-state index contributed by atoms with van der Waals surface area (Å²) in [5.41, 5.74) is 2.80. The molecule has 1 atom stereocenters. The van der Waals surface area contributed by atoms with Crippen LogP contribution in [0.1, 0.15) is 24.0 Å². The summed E-state index contributed by atoms with van der Waals surface area (Å²) in [5.74, 6) is 2.02. The highest BCUT2D eigenvalue weighted by Crippen LogP contribution is 2.44. The maximum Gasteiger partial charge on any atom is 0.415 e. The highest BCUT2D eigenvalue weighted by Gasteiger charge is 2.32. The number of likely N-dealkylation sites (N-methyl/N-ethyl adjacent to an activating group) is 1. The molecule has 35 heavy (non-hydrogen) atoms. The number of hydrogen-bond donors (Lipinski definition) is 0. The van der Waals surface area contributed by atoms with Crippen LogP contribution in [0.25, 0.3) is 21.5 Å². The second kappa shape index (κ2) is 8.88. The van der Waals surface area contributed by atoms with Gasteiger partial charge in [0.15, 0.2) is 11.5 Å². The van der Waals surface area contributed by atoms with E-state index in [0.29, 0.717) is 30.6 Å². The Labute approximate surface area is 206 Å². The van der Waals surface area contributed by atoms with Gasteiger partial charge in [-0.1, -0.05) is 6.07 Å². The molecule has 0 spiro atoms. The lowest BCUT2D eigenvalue weighted by Gasteiger charge is -2.33.